The van der Waals surface area contributed by atoms with Crippen LogP contribution in [0.1, 0.15) is 37.3 Å². The molecule has 20 heavy (non-hydrogen) atoms. The summed E-state index contributed by atoms with van der Waals surface area (Å²) < 4.78 is 14.1. The van der Waals surface area contributed by atoms with Crippen LogP contribution in [-0.2, 0) is 6.54 Å². The van der Waals surface area contributed by atoms with E-state index in [-0.39, 0.29) is 5.82 Å². The van der Waals surface area contributed by atoms with Gasteiger partial charge in [0.2, 0.25) is 0 Å². The second kappa shape index (κ2) is 7.42. The summed E-state index contributed by atoms with van der Waals surface area (Å²) in [7, 11) is 0. The lowest BCUT2D eigenvalue weighted by molar-refractivity contribution is 0.308. The van der Waals surface area contributed by atoms with Crippen molar-refractivity contribution in [3.05, 3.63) is 35.1 Å². The van der Waals surface area contributed by atoms with Crippen LogP contribution in [0.25, 0.3) is 0 Å². The van der Waals surface area contributed by atoms with Crippen LogP contribution in [0.15, 0.2) is 18.2 Å². The fraction of sp³-hybridized carbons (Fsp3) is 0.529. The summed E-state index contributed by atoms with van der Waals surface area (Å²) in [5.41, 5.74) is 6.78. The average molecular weight is 274 g/mol. The molecule has 2 N–H and O–H groups in total. The van der Waals surface area contributed by atoms with Crippen LogP contribution < -0.4 is 5.73 Å². The number of benzene rings is 1. The predicted molar refractivity (Wildman–Crippen MR) is 80.6 cm³/mol. The van der Waals surface area contributed by atoms with Crippen molar-refractivity contribution in [3.8, 4) is 11.8 Å². The number of halogens is 1. The summed E-state index contributed by atoms with van der Waals surface area (Å²) in [5, 5.41) is 0. The van der Waals surface area contributed by atoms with Crippen molar-refractivity contribution in [2.24, 2.45) is 11.7 Å². The van der Waals surface area contributed by atoms with E-state index in [2.05, 4.69) is 23.7 Å². The molecule has 1 aliphatic heterocycles. The Hall–Kier alpha value is -1.37. The largest absolute Gasteiger partial charge is 0.320 e. The molecule has 1 atom stereocenters. The van der Waals surface area contributed by atoms with Gasteiger partial charge in [-0.15, -0.1) is 0 Å². The third kappa shape index (κ3) is 4.06. The number of likely N-dealkylation sites (tertiary alicyclic amines) is 1. The molecule has 1 aromatic rings. The molecule has 0 aliphatic carbocycles. The number of rotatable bonds is 4. The Morgan fingerprint density at radius 2 is 2.30 bits per heavy atom. The van der Waals surface area contributed by atoms with E-state index in [1.165, 1.54) is 25.3 Å². The lowest BCUT2D eigenvalue weighted by atomic mass is 10.0. The van der Waals surface area contributed by atoms with Crippen molar-refractivity contribution in [2.75, 3.05) is 19.6 Å². The predicted octanol–water partition coefficient (Wildman–Crippen LogP) is 2.76. The van der Waals surface area contributed by atoms with Crippen molar-refractivity contribution in [3.63, 3.8) is 0 Å². The monoisotopic (exact) mass is 274 g/mol. The Morgan fingerprint density at radius 3 is 3.00 bits per heavy atom. The van der Waals surface area contributed by atoms with E-state index in [9.17, 15) is 4.39 Å². The fourth-order valence-electron chi connectivity index (χ4n) is 2.85. The highest BCUT2D eigenvalue weighted by Crippen LogP contribution is 2.23. The molecule has 0 spiro atoms. The van der Waals surface area contributed by atoms with E-state index < -0.39 is 0 Å². The standard InChI is InChI=1S/C17H23FN2/c1-2-4-15-8-10-20(12-15)13-16-7-6-14(5-3-9-19)11-17(16)18/h6-7,11,15H,2,4,8-10,12-13,19H2,1H3. The van der Waals surface area contributed by atoms with Crippen molar-refractivity contribution in [2.45, 2.75) is 32.7 Å². The summed E-state index contributed by atoms with van der Waals surface area (Å²) in [6.07, 6.45) is 3.77. The second-order valence-electron chi connectivity index (χ2n) is 5.49. The molecule has 0 radical (unpaired) electrons. The molecule has 0 aromatic heterocycles. The summed E-state index contributed by atoms with van der Waals surface area (Å²) in [5.74, 6) is 6.24. The molecular weight excluding hydrogens is 251 g/mol. The Kier molecular flexibility index (Phi) is 5.58. The first-order valence-corrected chi connectivity index (χ1v) is 7.42. The zero-order valence-corrected chi connectivity index (χ0v) is 12.2. The van der Waals surface area contributed by atoms with Crippen LogP contribution >= 0.6 is 0 Å². The first-order valence-electron chi connectivity index (χ1n) is 7.42. The maximum Gasteiger partial charge on any atom is 0.128 e. The maximum atomic E-state index is 14.1. The van der Waals surface area contributed by atoms with E-state index in [1.807, 2.05) is 12.1 Å². The SMILES string of the molecule is CCCC1CCN(Cc2ccc(C#CCN)cc2F)C1. The molecule has 1 aliphatic rings. The van der Waals surface area contributed by atoms with Gasteiger partial charge in [-0.05, 0) is 37.4 Å². The molecule has 0 bridgehead atoms. The minimum absolute atomic E-state index is 0.159. The normalized spacial score (nSPS) is 18.9. The Bertz CT molecular complexity index is 501. The van der Waals surface area contributed by atoms with Crippen LogP contribution in [0, 0.1) is 23.6 Å². The van der Waals surface area contributed by atoms with E-state index >= 15 is 0 Å². The molecule has 1 aromatic carbocycles. The molecule has 1 saturated heterocycles. The zero-order chi connectivity index (χ0) is 14.4. The highest BCUT2D eigenvalue weighted by Gasteiger charge is 2.22. The summed E-state index contributed by atoms with van der Waals surface area (Å²) in [6, 6.07) is 5.24. The van der Waals surface area contributed by atoms with Gasteiger partial charge in [-0.25, -0.2) is 4.39 Å². The van der Waals surface area contributed by atoms with Crippen LogP contribution in [0.4, 0.5) is 4.39 Å². The Balaban J connectivity index is 1.97. The fourth-order valence-corrected chi connectivity index (χ4v) is 2.85. The van der Waals surface area contributed by atoms with Gasteiger partial charge in [0.05, 0.1) is 6.54 Å². The number of nitrogens with two attached hydrogens (primary N) is 1. The van der Waals surface area contributed by atoms with Crippen LogP contribution in [0.2, 0.25) is 0 Å². The highest BCUT2D eigenvalue weighted by molar-refractivity contribution is 5.37. The number of nitrogens with zero attached hydrogens (tertiary/aromatic N) is 1. The molecule has 3 heteroatoms. The molecule has 1 heterocycles. The molecule has 108 valence electrons. The van der Waals surface area contributed by atoms with Gasteiger partial charge >= 0.3 is 0 Å². The van der Waals surface area contributed by atoms with Gasteiger partial charge in [-0.2, -0.15) is 0 Å². The van der Waals surface area contributed by atoms with Gasteiger partial charge in [0.1, 0.15) is 5.82 Å². The van der Waals surface area contributed by atoms with Crippen molar-refractivity contribution < 1.29 is 4.39 Å². The Labute approximate surface area is 121 Å². The lowest BCUT2D eigenvalue weighted by Crippen LogP contribution is -2.20. The maximum absolute atomic E-state index is 14.1. The van der Waals surface area contributed by atoms with Gasteiger partial charge in [0.15, 0.2) is 0 Å². The number of hydrogen-bond acceptors (Lipinski definition) is 2. The van der Waals surface area contributed by atoms with E-state index in [0.717, 1.165) is 24.6 Å². The van der Waals surface area contributed by atoms with Crippen molar-refractivity contribution in [1.29, 1.82) is 0 Å². The lowest BCUT2D eigenvalue weighted by Gasteiger charge is -2.16. The molecule has 2 rings (SSSR count). The molecular formula is C17H23FN2. The molecule has 2 nitrogen and oxygen atoms in total. The van der Waals surface area contributed by atoms with Crippen LogP contribution in [0.5, 0.6) is 0 Å². The molecule has 0 saturated carbocycles. The van der Waals surface area contributed by atoms with Crippen LogP contribution in [0.3, 0.4) is 0 Å². The summed E-state index contributed by atoms with van der Waals surface area (Å²) >= 11 is 0. The molecule has 1 fully saturated rings. The quantitative estimate of drug-likeness (QED) is 0.855. The van der Waals surface area contributed by atoms with Gasteiger partial charge in [-0.3, -0.25) is 4.90 Å². The van der Waals surface area contributed by atoms with E-state index in [4.69, 9.17) is 5.73 Å². The van der Waals surface area contributed by atoms with E-state index in [0.29, 0.717) is 18.7 Å². The smallest absolute Gasteiger partial charge is 0.128 e. The van der Waals surface area contributed by atoms with E-state index in [1.54, 1.807) is 0 Å². The van der Waals surface area contributed by atoms with Crippen LogP contribution in [-0.4, -0.2) is 24.5 Å². The third-order valence-corrected chi connectivity index (χ3v) is 3.85. The molecule has 0 amide bonds. The Morgan fingerprint density at radius 1 is 1.45 bits per heavy atom. The zero-order valence-electron chi connectivity index (χ0n) is 12.2. The van der Waals surface area contributed by atoms with Gasteiger partial charge < -0.3 is 5.73 Å². The second-order valence-corrected chi connectivity index (χ2v) is 5.49. The minimum Gasteiger partial charge on any atom is -0.320 e. The first-order chi connectivity index (χ1) is 9.72. The molecule has 1 unspecified atom stereocenters. The van der Waals surface area contributed by atoms with Gasteiger partial charge in [0.25, 0.3) is 0 Å². The summed E-state index contributed by atoms with van der Waals surface area (Å²) in [4.78, 5) is 2.35. The summed E-state index contributed by atoms with van der Waals surface area (Å²) in [6.45, 7) is 5.41. The van der Waals surface area contributed by atoms with Crippen molar-refractivity contribution >= 4 is 0 Å². The van der Waals surface area contributed by atoms with Gasteiger partial charge in [0, 0.05) is 24.2 Å². The minimum atomic E-state index is -0.159. The topological polar surface area (TPSA) is 29.3 Å². The first kappa shape index (κ1) is 15.0. The highest BCUT2D eigenvalue weighted by atomic mass is 19.1. The third-order valence-electron chi connectivity index (χ3n) is 3.85. The van der Waals surface area contributed by atoms with Gasteiger partial charge in [-0.1, -0.05) is 31.3 Å². The average Bonchev–Trinajstić information content (AvgIpc) is 2.87. The number of hydrogen-bond donors (Lipinski definition) is 1. The van der Waals surface area contributed by atoms with Crippen molar-refractivity contribution in [1.82, 2.24) is 4.90 Å².